The van der Waals surface area contributed by atoms with E-state index in [1.807, 2.05) is 27.7 Å². The molecule has 24 heavy (non-hydrogen) atoms. The van der Waals surface area contributed by atoms with Crippen LogP contribution in [0.2, 0.25) is 0 Å². The van der Waals surface area contributed by atoms with E-state index in [-0.39, 0.29) is 18.1 Å². The van der Waals surface area contributed by atoms with Crippen LogP contribution < -0.4 is 9.64 Å². The normalized spacial score (nSPS) is 14.0. The minimum absolute atomic E-state index is 0.0349. The number of nitro groups is 1. The number of anilines is 1. The van der Waals surface area contributed by atoms with Crippen LogP contribution in [0.3, 0.4) is 0 Å². The Labute approximate surface area is 144 Å². The maximum atomic E-state index is 12.3. The lowest BCUT2D eigenvalue weighted by atomic mass is 10.2. The van der Waals surface area contributed by atoms with Gasteiger partial charge < -0.3 is 9.64 Å². The number of benzene rings is 1. The van der Waals surface area contributed by atoms with E-state index >= 15 is 0 Å². The van der Waals surface area contributed by atoms with Crippen LogP contribution in [0.25, 0.3) is 0 Å². The van der Waals surface area contributed by atoms with Gasteiger partial charge in [-0.05, 0) is 6.07 Å². The molecule has 0 unspecified atom stereocenters. The largest absolute Gasteiger partial charge is 0.490 e. The molecule has 0 spiro atoms. The molecule has 138 valence electrons. The molecule has 1 saturated heterocycles. The minimum atomic E-state index is -0.457. The summed E-state index contributed by atoms with van der Waals surface area (Å²) in [6.07, 6.45) is 0. The molecule has 0 aromatic heterocycles. The highest BCUT2D eigenvalue weighted by atomic mass is 19.1. The van der Waals surface area contributed by atoms with Crippen LogP contribution in [0.5, 0.6) is 5.75 Å². The van der Waals surface area contributed by atoms with Gasteiger partial charge in [-0.2, -0.15) is 0 Å². The van der Waals surface area contributed by atoms with Crippen molar-refractivity contribution < 1.29 is 14.1 Å². The van der Waals surface area contributed by atoms with Crippen molar-refractivity contribution in [3.63, 3.8) is 0 Å². The van der Waals surface area contributed by atoms with E-state index in [4.69, 9.17) is 4.74 Å². The standard InChI is InChI=1S/C13H18FN3O3.2C2H6/c1-20-13-10-11(2-3-12(13)17(18)19)16-8-6-15(5-4-14)7-9-16;2*1-2/h2-3,10H,4-9H2,1H3;2*1-2H3. The molecule has 1 aromatic carbocycles. The van der Waals surface area contributed by atoms with Gasteiger partial charge in [-0.3, -0.25) is 15.0 Å². The molecule has 2 rings (SSSR count). The third-order valence-electron chi connectivity index (χ3n) is 3.50. The first kappa shape index (κ1) is 22.1. The van der Waals surface area contributed by atoms with Crippen molar-refractivity contribution >= 4 is 11.4 Å². The van der Waals surface area contributed by atoms with Crippen LogP contribution in [0.15, 0.2) is 18.2 Å². The molecular weight excluding hydrogens is 313 g/mol. The Hall–Kier alpha value is -1.89. The van der Waals surface area contributed by atoms with E-state index in [1.54, 1.807) is 12.1 Å². The van der Waals surface area contributed by atoms with Crippen LogP contribution in [0, 0.1) is 10.1 Å². The summed E-state index contributed by atoms with van der Waals surface area (Å²) in [4.78, 5) is 14.6. The van der Waals surface area contributed by atoms with Crippen molar-refractivity contribution in [2.24, 2.45) is 0 Å². The highest BCUT2D eigenvalue weighted by Gasteiger charge is 2.20. The number of rotatable bonds is 5. The smallest absolute Gasteiger partial charge is 0.311 e. The van der Waals surface area contributed by atoms with Crippen LogP contribution in [0.4, 0.5) is 15.8 Å². The van der Waals surface area contributed by atoms with Crippen molar-refractivity contribution in [2.45, 2.75) is 27.7 Å². The van der Waals surface area contributed by atoms with Gasteiger partial charge in [0.15, 0.2) is 5.75 Å². The molecule has 0 saturated carbocycles. The number of halogens is 1. The molecule has 6 nitrogen and oxygen atoms in total. The Bertz CT molecular complexity index is 478. The first-order valence-corrected chi connectivity index (χ1v) is 8.51. The quantitative estimate of drug-likeness (QED) is 0.602. The van der Waals surface area contributed by atoms with E-state index in [0.717, 1.165) is 31.9 Å². The predicted octanol–water partition coefficient (Wildman–Crippen LogP) is 3.75. The topological polar surface area (TPSA) is 58.8 Å². The second kappa shape index (κ2) is 12.5. The zero-order chi connectivity index (χ0) is 18.5. The van der Waals surface area contributed by atoms with Crippen molar-refractivity contribution in [3.05, 3.63) is 28.3 Å². The zero-order valence-corrected chi connectivity index (χ0v) is 15.4. The number of alkyl halides is 1. The second-order valence-corrected chi connectivity index (χ2v) is 4.63. The van der Waals surface area contributed by atoms with Crippen molar-refractivity contribution in [1.29, 1.82) is 0 Å². The average Bonchev–Trinajstić information content (AvgIpc) is 2.65. The summed E-state index contributed by atoms with van der Waals surface area (Å²) in [6.45, 7) is 11.3. The molecule has 0 aliphatic carbocycles. The lowest BCUT2D eigenvalue weighted by molar-refractivity contribution is -0.385. The van der Waals surface area contributed by atoms with Crippen LogP contribution in [-0.4, -0.2) is 56.3 Å². The van der Waals surface area contributed by atoms with Gasteiger partial charge >= 0.3 is 5.69 Å². The first-order valence-electron chi connectivity index (χ1n) is 8.51. The molecule has 0 amide bonds. The Morgan fingerprint density at radius 2 is 1.75 bits per heavy atom. The molecule has 1 heterocycles. The number of nitrogens with zero attached hydrogens (tertiary/aromatic N) is 3. The molecular formula is C17H30FN3O3. The van der Waals surface area contributed by atoms with Gasteiger partial charge in [0.2, 0.25) is 0 Å². The van der Waals surface area contributed by atoms with Gasteiger partial charge in [-0.15, -0.1) is 0 Å². The number of nitro benzene ring substituents is 1. The van der Waals surface area contributed by atoms with Crippen LogP contribution >= 0.6 is 0 Å². The van der Waals surface area contributed by atoms with Gasteiger partial charge in [0, 0.05) is 50.5 Å². The molecule has 1 aliphatic rings. The summed E-state index contributed by atoms with van der Waals surface area (Å²) in [7, 11) is 1.42. The summed E-state index contributed by atoms with van der Waals surface area (Å²) in [5.74, 6) is 0.263. The van der Waals surface area contributed by atoms with Gasteiger partial charge in [0.05, 0.1) is 12.0 Å². The molecule has 0 radical (unpaired) electrons. The summed E-state index contributed by atoms with van der Waals surface area (Å²) >= 11 is 0. The van der Waals surface area contributed by atoms with Gasteiger partial charge in [-0.25, -0.2) is 4.39 Å². The van der Waals surface area contributed by atoms with E-state index in [9.17, 15) is 14.5 Å². The highest BCUT2D eigenvalue weighted by Crippen LogP contribution is 2.31. The molecule has 1 aromatic rings. The monoisotopic (exact) mass is 343 g/mol. The van der Waals surface area contributed by atoms with Crippen molar-refractivity contribution in [2.75, 3.05) is 51.4 Å². The van der Waals surface area contributed by atoms with Crippen molar-refractivity contribution in [3.8, 4) is 5.75 Å². The van der Waals surface area contributed by atoms with Gasteiger partial charge in [0.1, 0.15) is 6.67 Å². The third-order valence-corrected chi connectivity index (χ3v) is 3.50. The summed E-state index contributed by atoms with van der Waals surface area (Å²) in [6, 6.07) is 4.87. The fourth-order valence-electron chi connectivity index (χ4n) is 2.36. The Kier molecular flexibility index (Phi) is 11.5. The van der Waals surface area contributed by atoms with E-state index in [0.29, 0.717) is 6.54 Å². The number of methoxy groups -OCH3 is 1. The number of ether oxygens (including phenoxy) is 1. The molecule has 7 heteroatoms. The number of hydrogen-bond acceptors (Lipinski definition) is 5. The average molecular weight is 343 g/mol. The minimum Gasteiger partial charge on any atom is -0.490 e. The van der Waals surface area contributed by atoms with Crippen molar-refractivity contribution in [1.82, 2.24) is 4.90 Å². The Morgan fingerprint density at radius 1 is 1.17 bits per heavy atom. The maximum absolute atomic E-state index is 12.3. The zero-order valence-electron chi connectivity index (χ0n) is 15.4. The summed E-state index contributed by atoms with van der Waals surface area (Å²) < 4.78 is 17.4. The molecule has 0 N–H and O–H groups in total. The van der Waals surface area contributed by atoms with Crippen LogP contribution in [0.1, 0.15) is 27.7 Å². The molecule has 1 aliphatic heterocycles. The van der Waals surface area contributed by atoms with E-state index < -0.39 is 4.92 Å². The lowest BCUT2D eigenvalue weighted by Crippen LogP contribution is -2.47. The molecule has 0 atom stereocenters. The fourth-order valence-corrected chi connectivity index (χ4v) is 2.36. The lowest BCUT2D eigenvalue weighted by Gasteiger charge is -2.35. The Balaban J connectivity index is 0.00000123. The SMILES string of the molecule is CC.CC.COc1cc(N2CCN(CCF)CC2)ccc1[N+](=O)[O-]. The summed E-state index contributed by atoms with van der Waals surface area (Å²) in [5.41, 5.74) is 0.861. The predicted molar refractivity (Wildman–Crippen MR) is 97.0 cm³/mol. The molecule has 1 fully saturated rings. The number of piperazine rings is 1. The summed E-state index contributed by atoms with van der Waals surface area (Å²) in [5, 5.41) is 10.9. The van der Waals surface area contributed by atoms with E-state index in [1.165, 1.54) is 13.2 Å². The number of hydrogen-bond donors (Lipinski definition) is 0. The second-order valence-electron chi connectivity index (χ2n) is 4.63. The third kappa shape index (κ3) is 6.31. The van der Waals surface area contributed by atoms with Crippen LogP contribution in [-0.2, 0) is 0 Å². The fraction of sp³-hybridized carbons (Fsp3) is 0.647. The van der Waals surface area contributed by atoms with Gasteiger partial charge in [0.25, 0.3) is 0 Å². The molecule has 0 bridgehead atoms. The first-order chi connectivity index (χ1) is 11.7. The van der Waals surface area contributed by atoms with Gasteiger partial charge in [-0.1, -0.05) is 27.7 Å². The highest BCUT2D eigenvalue weighted by molar-refractivity contribution is 5.59. The maximum Gasteiger partial charge on any atom is 0.311 e. The Morgan fingerprint density at radius 3 is 2.21 bits per heavy atom. The van der Waals surface area contributed by atoms with E-state index in [2.05, 4.69) is 9.80 Å².